The maximum Gasteiger partial charge on any atom is 0.227 e. The van der Waals surface area contributed by atoms with E-state index in [1.165, 1.54) is 0 Å². The molecule has 1 atom stereocenters. The van der Waals surface area contributed by atoms with Crippen molar-refractivity contribution in [2.75, 3.05) is 13.2 Å². The third-order valence-electron chi connectivity index (χ3n) is 4.63. The number of hydrogen-bond donors (Lipinski definition) is 0. The predicted octanol–water partition coefficient (Wildman–Crippen LogP) is 4.10. The molecule has 0 bridgehead atoms. The average Bonchev–Trinajstić information content (AvgIpc) is 3.25. The predicted molar refractivity (Wildman–Crippen MR) is 95.6 cm³/mol. The lowest BCUT2D eigenvalue weighted by molar-refractivity contribution is -0.131. The van der Waals surface area contributed by atoms with Gasteiger partial charge in [-0.25, -0.2) is 0 Å². The van der Waals surface area contributed by atoms with Gasteiger partial charge in [0, 0.05) is 12.6 Å². The Hall–Kier alpha value is -2.30. The highest BCUT2D eigenvalue weighted by Gasteiger charge is 2.32. The van der Waals surface area contributed by atoms with E-state index >= 15 is 0 Å². The number of ether oxygens (including phenoxy) is 1. The van der Waals surface area contributed by atoms with Crippen LogP contribution in [0, 0.1) is 0 Å². The molecule has 1 aromatic carbocycles. The molecule has 0 N–H and O–H groups in total. The van der Waals surface area contributed by atoms with Crippen molar-refractivity contribution in [2.24, 2.45) is 0 Å². The van der Waals surface area contributed by atoms with Crippen molar-refractivity contribution in [3.8, 4) is 5.75 Å². The maximum absolute atomic E-state index is 12.8. The monoisotopic (exact) mass is 342 g/mol. The van der Waals surface area contributed by atoms with Gasteiger partial charge in [-0.05, 0) is 43.4 Å². The summed E-state index contributed by atoms with van der Waals surface area (Å²) >= 11 is 0. The molecule has 25 heavy (non-hydrogen) atoms. The van der Waals surface area contributed by atoms with Crippen molar-refractivity contribution in [3.63, 3.8) is 0 Å². The van der Waals surface area contributed by atoms with Gasteiger partial charge in [0.05, 0.1) is 24.8 Å². The Morgan fingerprint density at radius 2 is 2.12 bits per heavy atom. The molecule has 1 aromatic heterocycles. The van der Waals surface area contributed by atoms with E-state index in [1.807, 2.05) is 42.2 Å². The Bertz CT molecular complexity index is 706. The number of nitrogens with zero attached hydrogens (tertiary/aromatic N) is 2. The van der Waals surface area contributed by atoms with Crippen LogP contribution in [0.1, 0.15) is 62.6 Å². The van der Waals surface area contributed by atoms with E-state index in [1.54, 1.807) is 0 Å². The molecule has 1 fully saturated rings. The third kappa shape index (κ3) is 4.03. The van der Waals surface area contributed by atoms with Crippen LogP contribution in [0.15, 0.2) is 34.9 Å². The van der Waals surface area contributed by atoms with Crippen LogP contribution in [-0.2, 0) is 11.2 Å². The van der Waals surface area contributed by atoms with Gasteiger partial charge in [0.15, 0.2) is 5.76 Å². The molecular formula is C20H26N2O3. The highest BCUT2D eigenvalue weighted by Crippen LogP contribution is 2.33. The SMILES string of the molecule is CCOc1ccc(CC(=O)N2CCCC2c2cc(C(C)C)no2)cc1. The van der Waals surface area contributed by atoms with E-state index < -0.39 is 0 Å². The average molecular weight is 342 g/mol. The zero-order chi connectivity index (χ0) is 17.8. The van der Waals surface area contributed by atoms with Gasteiger partial charge < -0.3 is 14.2 Å². The number of likely N-dealkylation sites (tertiary alicyclic amines) is 1. The van der Waals surface area contributed by atoms with Crippen LogP contribution < -0.4 is 4.74 Å². The Labute approximate surface area is 148 Å². The number of amides is 1. The second kappa shape index (κ2) is 7.72. The van der Waals surface area contributed by atoms with E-state index in [-0.39, 0.29) is 11.9 Å². The molecule has 1 unspecified atom stereocenters. The molecular weight excluding hydrogens is 316 g/mol. The van der Waals surface area contributed by atoms with Crippen LogP contribution in [0.2, 0.25) is 0 Å². The standard InChI is InChI=1S/C20H26N2O3/c1-4-24-16-9-7-15(8-10-16)12-20(23)22-11-5-6-18(22)19-13-17(14(2)3)21-25-19/h7-10,13-14,18H,4-6,11-12H2,1-3H3. The highest BCUT2D eigenvalue weighted by atomic mass is 16.5. The number of benzene rings is 1. The topological polar surface area (TPSA) is 55.6 Å². The number of rotatable bonds is 6. The van der Waals surface area contributed by atoms with Gasteiger partial charge in [0.25, 0.3) is 0 Å². The zero-order valence-electron chi connectivity index (χ0n) is 15.2. The first kappa shape index (κ1) is 17.5. The third-order valence-corrected chi connectivity index (χ3v) is 4.63. The normalized spacial score (nSPS) is 17.3. The number of carbonyl (C=O) groups excluding carboxylic acids is 1. The van der Waals surface area contributed by atoms with Crippen molar-refractivity contribution < 1.29 is 14.1 Å². The van der Waals surface area contributed by atoms with Crippen molar-refractivity contribution in [1.29, 1.82) is 0 Å². The highest BCUT2D eigenvalue weighted by molar-refractivity contribution is 5.79. The lowest BCUT2D eigenvalue weighted by atomic mass is 10.1. The second-order valence-corrected chi connectivity index (χ2v) is 6.81. The van der Waals surface area contributed by atoms with Gasteiger partial charge in [0.1, 0.15) is 5.75 Å². The van der Waals surface area contributed by atoms with Gasteiger partial charge >= 0.3 is 0 Å². The van der Waals surface area contributed by atoms with E-state index in [0.29, 0.717) is 18.9 Å². The summed E-state index contributed by atoms with van der Waals surface area (Å²) in [5.41, 5.74) is 1.94. The molecule has 1 aliphatic heterocycles. The molecule has 0 saturated carbocycles. The van der Waals surface area contributed by atoms with Crippen molar-refractivity contribution in [3.05, 3.63) is 47.3 Å². The van der Waals surface area contributed by atoms with Crippen LogP contribution in [0.4, 0.5) is 0 Å². The van der Waals surface area contributed by atoms with E-state index in [2.05, 4.69) is 19.0 Å². The maximum atomic E-state index is 12.8. The Morgan fingerprint density at radius 1 is 1.36 bits per heavy atom. The summed E-state index contributed by atoms with van der Waals surface area (Å²) in [6.45, 7) is 7.55. The fraction of sp³-hybridized carbons (Fsp3) is 0.500. The summed E-state index contributed by atoms with van der Waals surface area (Å²) in [5.74, 6) is 2.10. The quantitative estimate of drug-likeness (QED) is 0.793. The molecule has 1 aliphatic rings. The van der Waals surface area contributed by atoms with E-state index in [4.69, 9.17) is 9.26 Å². The van der Waals surface area contributed by atoms with Gasteiger partial charge in [-0.3, -0.25) is 4.79 Å². The van der Waals surface area contributed by atoms with Crippen LogP contribution >= 0.6 is 0 Å². The first-order chi connectivity index (χ1) is 12.1. The second-order valence-electron chi connectivity index (χ2n) is 6.81. The Kier molecular flexibility index (Phi) is 5.41. The van der Waals surface area contributed by atoms with E-state index in [0.717, 1.165) is 42.2 Å². The summed E-state index contributed by atoms with van der Waals surface area (Å²) in [6, 6.07) is 9.75. The van der Waals surface area contributed by atoms with Gasteiger partial charge in [-0.15, -0.1) is 0 Å². The fourth-order valence-corrected chi connectivity index (χ4v) is 3.24. The molecule has 2 aromatic rings. The van der Waals surface area contributed by atoms with Crippen molar-refractivity contribution in [2.45, 2.75) is 52.0 Å². The number of hydrogen-bond acceptors (Lipinski definition) is 4. The van der Waals surface area contributed by atoms with Gasteiger partial charge in [-0.2, -0.15) is 0 Å². The number of carbonyl (C=O) groups is 1. The Morgan fingerprint density at radius 3 is 2.76 bits per heavy atom. The largest absolute Gasteiger partial charge is 0.494 e. The minimum absolute atomic E-state index is 0.00944. The first-order valence-corrected chi connectivity index (χ1v) is 9.06. The van der Waals surface area contributed by atoms with Crippen molar-refractivity contribution in [1.82, 2.24) is 10.1 Å². The molecule has 134 valence electrons. The zero-order valence-corrected chi connectivity index (χ0v) is 15.2. The summed E-state index contributed by atoms with van der Waals surface area (Å²) < 4.78 is 11.0. The molecule has 0 aliphatic carbocycles. The molecule has 2 heterocycles. The lowest BCUT2D eigenvalue weighted by Gasteiger charge is -2.22. The van der Waals surface area contributed by atoms with E-state index in [9.17, 15) is 4.79 Å². The van der Waals surface area contributed by atoms with Crippen molar-refractivity contribution >= 4 is 5.91 Å². The molecule has 0 spiro atoms. The lowest BCUT2D eigenvalue weighted by Crippen LogP contribution is -2.31. The molecule has 5 heteroatoms. The van der Waals surface area contributed by atoms with Gasteiger partial charge in [0.2, 0.25) is 5.91 Å². The molecule has 0 radical (unpaired) electrons. The summed E-state index contributed by atoms with van der Waals surface area (Å²) in [5, 5.41) is 4.14. The first-order valence-electron chi connectivity index (χ1n) is 9.06. The molecule has 5 nitrogen and oxygen atoms in total. The number of aromatic nitrogens is 1. The molecule has 3 rings (SSSR count). The van der Waals surface area contributed by atoms with Crippen LogP contribution in [0.25, 0.3) is 0 Å². The van der Waals surface area contributed by atoms with Crippen LogP contribution in [-0.4, -0.2) is 29.1 Å². The minimum Gasteiger partial charge on any atom is -0.494 e. The summed E-state index contributed by atoms with van der Waals surface area (Å²) in [7, 11) is 0. The Balaban J connectivity index is 1.67. The fourth-order valence-electron chi connectivity index (χ4n) is 3.24. The van der Waals surface area contributed by atoms with Gasteiger partial charge in [-0.1, -0.05) is 31.1 Å². The molecule has 1 saturated heterocycles. The summed E-state index contributed by atoms with van der Waals surface area (Å²) in [4.78, 5) is 14.7. The smallest absolute Gasteiger partial charge is 0.227 e. The van der Waals surface area contributed by atoms with Crippen LogP contribution in [0.5, 0.6) is 5.75 Å². The minimum atomic E-state index is 0.00944. The van der Waals surface area contributed by atoms with Crippen LogP contribution in [0.3, 0.4) is 0 Å². The summed E-state index contributed by atoms with van der Waals surface area (Å²) in [6.07, 6.45) is 2.33. The molecule has 1 amide bonds.